The third kappa shape index (κ3) is 10.8. The van der Waals surface area contributed by atoms with Gasteiger partial charge in [0.15, 0.2) is 0 Å². The van der Waals surface area contributed by atoms with Crippen LogP contribution in [0.4, 0.5) is 19.3 Å². The number of carbonyl (C=O) groups is 3. The Morgan fingerprint density at radius 2 is 1.38 bits per heavy atom. The molecule has 1 aliphatic heterocycles. The number of quaternary nitrogens is 1. The smallest absolute Gasteiger partial charge is 0.407 e. The zero-order valence-electron chi connectivity index (χ0n) is 34.7. The molecule has 5 aromatic rings. The summed E-state index contributed by atoms with van der Waals surface area (Å²) in [6, 6.07) is 34.1. The molecular formula is C49H53ClF2N4O5. The first-order chi connectivity index (χ1) is 28.9. The van der Waals surface area contributed by atoms with E-state index in [9.17, 15) is 28.3 Å². The summed E-state index contributed by atoms with van der Waals surface area (Å²) in [6.07, 6.45) is 1.22. The van der Waals surface area contributed by atoms with Crippen molar-refractivity contribution in [3.8, 4) is 11.1 Å². The SMILES string of the molecule is C[N+](C)(C)CCCCC(NC(=O)OCC1c2ccccc2-c2ccccc21)C(=O)NCc1ccc(C2C(CCC(O)c3ccc(F)cc3)C(=O)N2c2ccc(F)cc2)cc1.[Cl-]. The summed E-state index contributed by atoms with van der Waals surface area (Å²) in [5, 5.41) is 16.7. The minimum atomic E-state index is -0.870. The molecule has 4 unspecified atom stereocenters. The highest BCUT2D eigenvalue weighted by molar-refractivity contribution is 6.03. The summed E-state index contributed by atoms with van der Waals surface area (Å²) in [6.45, 7) is 1.27. The van der Waals surface area contributed by atoms with Gasteiger partial charge in [-0.2, -0.15) is 0 Å². The molecule has 0 saturated carbocycles. The van der Waals surface area contributed by atoms with E-state index < -0.39 is 35.8 Å². The summed E-state index contributed by atoms with van der Waals surface area (Å²) in [7, 11) is 6.36. The topological polar surface area (TPSA) is 108 Å². The molecule has 0 aromatic heterocycles. The third-order valence-corrected chi connectivity index (χ3v) is 11.6. The predicted octanol–water partition coefficient (Wildman–Crippen LogP) is 5.59. The van der Waals surface area contributed by atoms with Crippen LogP contribution in [0.3, 0.4) is 0 Å². The number of aliphatic hydroxyl groups is 1. The van der Waals surface area contributed by atoms with Crippen LogP contribution >= 0.6 is 0 Å². The number of benzene rings is 5. The number of ether oxygens (including phenoxy) is 1. The number of aliphatic hydroxyl groups excluding tert-OH is 1. The monoisotopic (exact) mass is 850 g/mol. The molecule has 1 aliphatic carbocycles. The number of hydrogen-bond acceptors (Lipinski definition) is 5. The first kappa shape index (κ1) is 44.9. The molecule has 9 nitrogen and oxygen atoms in total. The van der Waals surface area contributed by atoms with Gasteiger partial charge in [-0.3, -0.25) is 9.59 Å². The van der Waals surface area contributed by atoms with Gasteiger partial charge in [0, 0.05) is 18.2 Å². The average molecular weight is 851 g/mol. The van der Waals surface area contributed by atoms with Crippen molar-refractivity contribution in [3.05, 3.63) is 161 Å². The van der Waals surface area contributed by atoms with Crippen molar-refractivity contribution < 1.29 is 49.9 Å². The molecular weight excluding hydrogens is 798 g/mol. The molecule has 320 valence electrons. The van der Waals surface area contributed by atoms with E-state index in [-0.39, 0.29) is 49.3 Å². The van der Waals surface area contributed by atoms with Crippen LogP contribution in [-0.4, -0.2) is 67.8 Å². The number of β-lactam (4-membered cyclic amide) rings is 1. The number of hydrogen-bond donors (Lipinski definition) is 3. The van der Waals surface area contributed by atoms with Gasteiger partial charge in [0.05, 0.1) is 45.8 Å². The first-order valence-electron chi connectivity index (χ1n) is 20.7. The van der Waals surface area contributed by atoms with Crippen molar-refractivity contribution in [2.75, 3.05) is 39.2 Å². The number of alkyl carbamates (subject to hydrolysis) is 1. The molecule has 0 bridgehead atoms. The standard InChI is InChI=1S/C49H52F2N4O5.ClH/c1-55(2,3)29-9-8-14-44(53-49(59)60-31-43-40-12-6-4-10-38(40)39-11-5-7-13-41(39)43)47(57)52-30-32-15-17-34(18-16-32)46-42(27-28-45(56)33-19-21-35(50)22-20-33)48(58)54(46)37-25-23-36(51)24-26-37;/h4-7,10-13,15-26,42-46,56H,8-9,14,27-31H2,1-3H3,(H-,52,53,57,59);1H. The summed E-state index contributed by atoms with van der Waals surface area (Å²) < 4.78 is 33.9. The van der Waals surface area contributed by atoms with Gasteiger partial charge >= 0.3 is 6.09 Å². The van der Waals surface area contributed by atoms with Crippen LogP contribution in [0.15, 0.2) is 121 Å². The van der Waals surface area contributed by atoms with Crippen molar-refractivity contribution in [2.45, 2.75) is 62.8 Å². The average Bonchev–Trinajstić information content (AvgIpc) is 3.56. The maximum absolute atomic E-state index is 13.8. The molecule has 7 rings (SSSR count). The van der Waals surface area contributed by atoms with E-state index in [1.165, 1.54) is 36.4 Å². The van der Waals surface area contributed by atoms with E-state index >= 15 is 0 Å². The Balaban J connectivity index is 0.00000622. The molecule has 5 aromatic carbocycles. The summed E-state index contributed by atoms with van der Waals surface area (Å²) >= 11 is 0. The van der Waals surface area contributed by atoms with E-state index in [0.29, 0.717) is 30.5 Å². The second-order valence-electron chi connectivity index (χ2n) is 16.9. The Hall–Kier alpha value is -5.62. The van der Waals surface area contributed by atoms with Gasteiger partial charge in [0.1, 0.15) is 24.3 Å². The van der Waals surface area contributed by atoms with Gasteiger partial charge in [-0.15, -0.1) is 0 Å². The van der Waals surface area contributed by atoms with Crippen LogP contribution < -0.4 is 27.9 Å². The quantitative estimate of drug-likeness (QED) is 0.0644. The fourth-order valence-corrected chi connectivity index (χ4v) is 8.42. The number of carbonyl (C=O) groups excluding carboxylic acids is 3. The number of amides is 3. The number of anilines is 1. The molecule has 1 heterocycles. The van der Waals surface area contributed by atoms with Gasteiger partial charge in [-0.05, 0) is 107 Å². The van der Waals surface area contributed by atoms with Crippen molar-refractivity contribution in [3.63, 3.8) is 0 Å². The Morgan fingerprint density at radius 1 is 0.787 bits per heavy atom. The normalized spacial score (nSPS) is 16.7. The van der Waals surface area contributed by atoms with Crippen LogP contribution in [0, 0.1) is 17.6 Å². The number of fused-ring (bicyclic) bond motifs is 3. The second kappa shape index (κ2) is 19.8. The molecule has 0 radical (unpaired) electrons. The van der Waals surface area contributed by atoms with Crippen LogP contribution in [0.5, 0.6) is 0 Å². The van der Waals surface area contributed by atoms with Crippen LogP contribution in [-0.2, 0) is 20.9 Å². The fraction of sp³-hybridized carbons (Fsp3) is 0.327. The highest BCUT2D eigenvalue weighted by atomic mass is 35.5. The summed E-state index contributed by atoms with van der Waals surface area (Å²) in [5.74, 6) is -1.80. The van der Waals surface area contributed by atoms with E-state index in [2.05, 4.69) is 56.0 Å². The Labute approximate surface area is 362 Å². The van der Waals surface area contributed by atoms with Crippen LogP contribution in [0.25, 0.3) is 11.1 Å². The largest absolute Gasteiger partial charge is 1.00 e. The van der Waals surface area contributed by atoms with Crippen molar-refractivity contribution >= 4 is 23.6 Å². The lowest BCUT2D eigenvalue weighted by Gasteiger charge is -2.48. The minimum absolute atomic E-state index is 0. The number of nitrogens with zero attached hydrogens (tertiary/aromatic N) is 2. The van der Waals surface area contributed by atoms with Crippen molar-refractivity contribution in [1.29, 1.82) is 0 Å². The molecule has 4 atom stereocenters. The van der Waals surface area contributed by atoms with E-state index in [1.54, 1.807) is 17.0 Å². The lowest BCUT2D eigenvalue weighted by Crippen LogP contribution is -3.00. The molecule has 2 aliphatic rings. The van der Waals surface area contributed by atoms with Gasteiger partial charge in [-0.25, -0.2) is 13.6 Å². The van der Waals surface area contributed by atoms with Crippen molar-refractivity contribution in [2.24, 2.45) is 5.92 Å². The van der Waals surface area contributed by atoms with E-state index in [0.717, 1.165) is 57.3 Å². The third-order valence-electron chi connectivity index (χ3n) is 11.6. The van der Waals surface area contributed by atoms with Gasteiger partial charge in [0.25, 0.3) is 0 Å². The van der Waals surface area contributed by atoms with Crippen LogP contribution in [0.1, 0.15) is 78.0 Å². The lowest BCUT2D eigenvalue weighted by atomic mass is 9.78. The van der Waals surface area contributed by atoms with Gasteiger partial charge < -0.3 is 42.3 Å². The number of halogens is 3. The lowest BCUT2D eigenvalue weighted by molar-refractivity contribution is -0.870. The highest BCUT2D eigenvalue weighted by Gasteiger charge is 2.48. The zero-order valence-corrected chi connectivity index (χ0v) is 35.5. The number of nitrogens with one attached hydrogen (secondary N) is 2. The van der Waals surface area contributed by atoms with E-state index in [1.807, 2.05) is 48.5 Å². The molecule has 61 heavy (non-hydrogen) atoms. The first-order valence-corrected chi connectivity index (χ1v) is 20.7. The Kier molecular flexibility index (Phi) is 14.6. The number of unbranched alkanes of at least 4 members (excludes halogenated alkanes) is 1. The molecule has 0 spiro atoms. The molecule has 12 heteroatoms. The summed E-state index contributed by atoms with van der Waals surface area (Å²) in [4.78, 5) is 42.2. The van der Waals surface area contributed by atoms with Crippen LogP contribution in [0.2, 0.25) is 0 Å². The second-order valence-corrected chi connectivity index (χ2v) is 16.9. The summed E-state index contributed by atoms with van der Waals surface area (Å²) in [5.41, 5.74) is 7.28. The maximum Gasteiger partial charge on any atom is 0.407 e. The van der Waals surface area contributed by atoms with E-state index in [4.69, 9.17) is 4.74 Å². The minimum Gasteiger partial charge on any atom is -1.00 e. The molecule has 1 saturated heterocycles. The zero-order chi connectivity index (χ0) is 42.4. The van der Waals surface area contributed by atoms with Gasteiger partial charge in [0.2, 0.25) is 11.8 Å². The molecule has 3 N–H and O–H groups in total. The fourth-order valence-electron chi connectivity index (χ4n) is 8.42. The molecule has 3 amide bonds. The van der Waals surface area contributed by atoms with Gasteiger partial charge in [-0.1, -0.05) is 84.9 Å². The highest BCUT2D eigenvalue weighted by Crippen LogP contribution is 2.47. The van der Waals surface area contributed by atoms with Crippen molar-refractivity contribution in [1.82, 2.24) is 10.6 Å². The maximum atomic E-state index is 13.8. The molecule has 1 fully saturated rings. The Bertz CT molecular complexity index is 2240. The predicted molar refractivity (Wildman–Crippen MR) is 228 cm³/mol. The Morgan fingerprint density at radius 3 is 1.98 bits per heavy atom. The number of rotatable bonds is 17.